The molecule has 0 amide bonds. The fourth-order valence-electron chi connectivity index (χ4n) is 4.07. The third-order valence-corrected chi connectivity index (χ3v) is 5.52. The van der Waals surface area contributed by atoms with Gasteiger partial charge in [0.2, 0.25) is 0 Å². The first-order valence-electron chi connectivity index (χ1n) is 8.53. The van der Waals surface area contributed by atoms with E-state index in [4.69, 9.17) is 4.74 Å². The molecule has 2 unspecified atom stereocenters. The van der Waals surface area contributed by atoms with Gasteiger partial charge in [-0.05, 0) is 49.8 Å². The Morgan fingerprint density at radius 3 is 2.83 bits per heavy atom. The predicted octanol–water partition coefficient (Wildman–Crippen LogP) is 1.45. The fraction of sp³-hybridized carbons (Fsp3) is 0.611. The monoisotopic (exact) mass is 317 g/mol. The van der Waals surface area contributed by atoms with Crippen LogP contribution >= 0.6 is 0 Å². The molecular weight excluding hydrogens is 294 g/mol. The number of aliphatic hydroxyl groups is 1. The standard InChI is InChI=1S/C18H23NO4/c20-9-13-7-12-3-4-15(22)18-17(12)14(16(10-21)23-18)5-6-19(13)8-11-1-2-11/h3-4,10-11,13-14,16,20,22H,1-2,5-9H2/t13?,14-,16?/m0/s1. The summed E-state index contributed by atoms with van der Waals surface area (Å²) in [5.74, 6) is 1.34. The van der Waals surface area contributed by atoms with Crippen LogP contribution < -0.4 is 4.74 Å². The Morgan fingerprint density at radius 1 is 1.30 bits per heavy atom. The fourth-order valence-corrected chi connectivity index (χ4v) is 4.07. The van der Waals surface area contributed by atoms with E-state index in [1.807, 2.05) is 6.07 Å². The summed E-state index contributed by atoms with van der Waals surface area (Å²) < 4.78 is 5.72. The van der Waals surface area contributed by atoms with Crippen molar-refractivity contribution in [2.24, 2.45) is 5.92 Å². The molecule has 2 aliphatic heterocycles. The molecule has 124 valence electrons. The third-order valence-electron chi connectivity index (χ3n) is 5.52. The van der Waals surface area contributed by atoms with Crippen LogP contribution in [0.2, 0.25) is 0 Å². The summed E-state index contributed by atoms with van der Waals surface area (Å²) in [7, 11) is 0. The van der Waals surface area contributed by atoms with Crippen LogP contribution in [0.25, 0.3) is 0 Å². The molecule has 5 heteroatoms. The van der Waals surface area contributed by atoms with Crippen molar-refractivity contribution in [3.05, 3.63) is 23.3 Å². The number of hydrogen-bond donors (Lipinski definition) is 2. The number of ether oxygens (including phenoxy) is 1. The lowest BCUT2D eigenvalue weighted by Crippen LogP contribution is -2.43. The van der Waals surface area contributed by atoms with Crippen molar-refractivity contribution in [2.75, 3.05) is 19.7 Å². The Morgan fingerprint density at radius 2 is 2.13 bits per heavy atom. The third kappa shape index (κ3) is 2.62. The number of aromatic hydroxyl groups is 1. The van der Waals surface area contributed by atoms with Gasteiger partial charge in [-0.3, -0.25) is 9.69 Å². The minimum atomic E-state index is -0.509. The van der Waals surface area contributed by atoms with E-state index in [0.29, 0.717) is 5.75 Å². The Labute approximate surface area is 135 Å². The highest BCUT2D eigenvalue weighted by Crippen LogP contribution is 2.48. The van der Waals surface area contributed by atoms with Gasteiger partial charge in [-0.1, -0.05) is 6.07 Å². The number of rotatable bonds is 4. The lowest BCUT2D eigenvalue weighted by molar-refractivity contribution is -0.113. The summed E-state index contributed by atoms with van der Waals surface area (Å²) in [6.07, 6.45) is 4.46. The minimum Gasteiger partial charge on any atom is -0.504 e. The van der Waals surface area contributed by atoms with Gasteiger partial charge in [-0.25, -0.2) is 0 Å². The van der Waals surface area contributed by atoms with Gasteiger partial charge in [0.15, 0.2) is 23.9 Å². The van der Waals surface area contributed by atoms with E-state index in [9.17, 15) is 15.0 Å². The van der Waals surface area contributed by atoms with Crippen molar-refractivity contribution >= 4 is 6.29 Å². The van der Waals surface area contributed by atoms with Crippen LogP contribution in [0.15, 0.2) is 12.1 Å². The average Bonchev–Trinajstić information content (AvgIpc) is 3.28. The van der Waals surface area contributed by atoms with Crippen molar-refractivity contribution in [3.8, 4) is 11.5 Å². The van der Waals surface area contributed by atoms with Crippen molar-refractivity contribution in [1.82, 2.24) is 4.90 Å². The van der Waals surface area contributed by atoms with Gasteiger partial charge < -0.3 is 14.9 Å². The molecule has 2 N–H and O–H groups in total. The zero-order valence-electron chi connectivity index (χ0n) is 13.1. The first kappa shape index (κ1) is 15.0. The molecule has 0 bridgehead atoms. The Kier molecular flexibility index (Phi) is 3.77. The van der Waals surface area contributed by atoms with E-state index < -0.39 is 6.10 Å². The van der Waals surface area contributed by atoms with Crippen LogP contribution in [0.3, 0.4) is 0 Å². The van der Waals surface area contributed by atoms with Crippen molar-refractivity contribution < 1.29 is 19.7 Å². The zero-order valence-corrected chi connectivity index (χ0v) is 13.1. The molecule has 1 saturated carbocycles. The van der Waals surface area contributed by atoms with Crippen LogP contribution in [0.5, 0.6) is 11.5 Å². The topological polar surface area (TPSA) is 70.0 Å². The molecule has 5 nitrogen and oxygen atoms in total. The summed E-state index contributed by atoms with van der Waals surface area (Å²) in [6, 6.07) is 3.65. The molecule has 1 fully saturated rings. The van der Waals surface area contributed by atoms with E-state index in [1.165, 1.54) is 12.8 Å². The second kappa shape index (κ2) is 5.80. The molecule has 0 aromatic heterocycles. The number of phenols is 1. The second-order valence-corrected chi connectivity index (χ2v) is 7.08. The molecule has 1 aromatic rings. The number of carbonyl (C=O) groups is 1. The van der Waals surface area contributed by atoms with Crippen molar-refractivity contribution in [3.63, 3.8) is 0 Å². The highest BCUT2D eigenvalue weighted by atomic mass is 16.5. The molecule has 0 saturated heterocycles. The number of nitrogens with zero attached hydrogens (tertiary/aromatic N) is 1. The largest absolute Gasteiger partial charge is 0.504 e. The van der Waals surface area contributed by atoms with Crippen LogP contribution in [-0.4, -0.2) is 53.2 Å². The maximum atomic E-state index is 11.4. The zero-order chi connectivity index (χ0) is 16.0. The van der Waals surface area contributed by atoms with E-state index in [-0.39, 0.29) is 24.3 Å². The second-order valence-electron chi connectivity index (χ2n) is 7.08. The number of hydrogen-bond acceptors (Lipinski definition) is 5. The van der Waals surface area contributed by atoms with Gasteiger partial charge in [-0.15, -0.1) is 0 Å². The van der Waals surface area contributed by atoms with Crippen LogP contribution in [-0.2, 0) is 11.2 Å². The van der Waals surface area contributed by atoms with E-state index >= 15 is 0 Å². The molecule has 1 aliphatic carbocycles. The van der Waals surface area contributed by atoms with Gasteiger partial charge in [0.05, 0.1) is 6.61 Å². The summed E-state index contributed by atoms with van der Waals surface area (Å²) in [6.45, 7) is 2.02. The summed E-state index contributed by atoms with van der Waals surface area (Å²) in [5.41, 5.74) is 2.07. The lowest BCUT2D eigenvalue weighted by Gasteiger charge is -2.34. The average molecular weight is 317 g/mol. The van der Waals surface area contributed by atoms with Crippen LogP contribution in [0.4, 0.5) is 0 Å². The first-order chi connectivity index (χ1) is 11.2. The number of phenolic OH excluding ortho intramolecular Hbond substituents is 1. The predicted molar refractivity (Wildman–Crippen MR) is 84.8 cm³/mol. The summed E-state index contributed by atoms with van der Waals surface area (Å²) in [5, 5.41) is 19.9. The molecule has 1 aromatic carbocycles. The van der Waals surface area contributed by atoms with Crippen molar-refractivity contribution in [2.45, 2.75) is 43.7 Å². The molecule has 2 heterocycles. The summed E-state index contributed by atoms with van der Waals surface area (Å²) >= 11 is 0. The smallest absolute Gasteiger partial charge is 0.165 e. The molecule has 3 atom stereocenters. The van der Waals surface area contributed by atoms with Crippen LogP contribution in [0.1, 0.15) is 36.3 Å². The lowest BCUT2D eigenvalue weighted by atomic mass is 9.84. The number of aliphatic hydroxyl groups excluding tert-OH is 1. The quantitative estimate of drug-likeness (QED) is 0.823. The van der Waals surface area contributed by atoms with Gasteiger partial charge in [0.25, 0.3) is 0 Å². The van der Waals surface area contributed by atoms with Crippen molar-refractivity contribution in [1.29, 1.82) is 0 Å². The first-order valence-corrected chi connectivity index (χ1v) is 8.53. The van der Waals surface area contributed by atoms with Gasteiger partial charge in [0, 0.05) is 24.1 Å². The van der Waals surface area contributed by atoms with E-state index in [2.05, 4.69) is 4.90 Å². The highest BCUT2D eigenvalue weighted by molar-refractivity contribution is 5.66. The molecule has 3 aliphatic rings. The maximum absolute atomic E-state index is 11.4. The molecule has 0 spiro atoms. The molecule has 0 radical (unpaired) electrons. The Hall–Kier alpha value is -1.59. The van der Waals surface area contributed by atoms with E-state index in [1.54, 1.807) is 6.07 Å². The van der Waals surface area contributed by atoms with E-state index in [0.717, 1.165) is 49.3 Å². The molecular formula is C18H23NO4. The molecule has 4 rings (SSSR count). The normalized spacial score (nSPS) is 30.2. The number of aldehydes is 1. The van der Waals surface area contributed by atoms with Gasteiger partial charge >= 0.3 is 0 Å². The van der Waals surface area contributed by atoms with Gasteiger partial charge in [-0.2, -0.15) is 0 Å². The SMILES string of the molecule is O=CC1Oc2c(O)ccc3c2[C@H]1CCN(CC1CC1)C(CO)C3. The molecule has 23 heavy (non-hydrogen) atoms. The van der Waals surface area contributed by atoms with Gasteiger partial charge in [0.1, 0.15) is 0 Å². The van der Waals surface area contributed by atoms with Crippen LogP contribution in [0, 0.1) is 5.92 Å². The minimum absolute atomic E-state index is 0.00551. The summed E-state index contributed by atoms with van der Waals surface area (Å²) in [4.78, 5) is 13.8. The Balaban J connectivity index is 1.70. The Bertz CT molecular complexity index is 613. The number of benzene rings is 1. The maximum Gasteiger partial charge on any atom is 0.165 e. The highest BCUT2D eigenvalue weighted by Gasteiger charge is 2.40. The number of carbonyl (C=O) groups excluding carboxylic acids is 1.